The number of ether oxygens (including phenoxy) is 1. The van der Waals surface area contributed by atoms with Crippen LogP contribution in [0, 0.1) is 0 Å². The van der Waals surface area contributed by atoms with Crippen LogP contribution in [0.4, 0.5) is 5.82 Å². The number of thiophene rings is 1. The lowest BCUT2D eigenvalue weighted by atomic mass is 10.2. The van der Waals surface area contributed by atoms with Crippen LogP contribution in [0.5, 0.6) is 5.88 Å². The number of imidazole rings is 1. The summed E-state index contributed by atoms with van der Waals surface area (Å²) < 4.78 is 7.02. The quantitative estimate of drug-likeness (QED) is 0.539. The van der Waals surface area contributed by atoms with Crippen LogP contribution in [-0.4, -0.2) is 49.9 Å². The molecule has 0 unspecified atom stereocenters. The van der Waals surface area contributed by atoms with Gasteiger partial charge in [0.15, 0.2) is 22.8 Å². The molecular formula is C17H16N6O2S. The van der Waals surface area contributed by atoms with Gasteiger partial charge in [0.25, 0.3) is 0 Å². The Kier molecular flexibility index (Phi) is 4.46. The number of rotatable bonds is 6. The maximum atomic E-state index is 9.15. The van der Waals surface area contributed by atoms with E-state index in [4.69, 9.17) is 14.8 Å². The molecule has 0 saturated carbocycles. The first-order chi connectivity index (χ1) is 12.8. The summed E-state index contributed by atoms with van der Waals surface area (Å²) in [6.45, 7) is 0.369. The zero-order valence-electron chi connectivity index (χ0n) is 14.0. The molecule has 132 valence electrons. The molecule has 26 heavy (non-hydrogen) atoms. The highest BCUT2D eigenvalue weighted by Crippen LogP contribution is 2.26. The van der Waals surface area contributed by atoms with E-state index in [2.05, 4.69) is 20.3 Å². The number of hydrogen-bond donors (Lipinski definition) is 2. The lowest BCUT2D eigenvalue weighted by Gasteiger charge is -2.09. The summed E-state index contributed by atoms with van der Waals surface area (Å²) in [5, 5.41) is 16.3. The van der Waals surface area contributed by atoms with Gasteiger partial charge in [-0.3, -0.25) is 4.57 Å². The molecule has 2 N–H and O–H groups in total. The number of fused-ring (bicyclic) bond motifs is 1. The number of nitrogens with one attached hydrogen (secondary N) is 1. The van der Waals surface area contributed by atoms with Crippen LogP contribution in [0.1, 0.15) is 0 Å². The van der Waals surface area contributed by atoms with Gasteiger partial charge in [-0.2, -0.15) is 11.3 Å². The third-order valence-corrected chi connectivity index (χ3v) is 4.46. The molecule has 8 nitrogen and oxygen atoms in total. The molecule has 0 aliphatic carbocycles. The number of aliphatic hydroxyl groups is 1. The predicted molar refractivity (Wildman–Crippen MR) is 99.9 cm³/mol. The van der Waals surface area contributed by atoms with E-state index in [1.807, 2.05) is 27.5 Å². The molecular weight excluding hydrogens is 352 g/mol. The summed E-state index contributed by atoms with van der Waals surface area (Å²) in [4.78, 5) is 17.9. The Hall–Kier alpha value is -3.04. The Morgan fingerprint density at radius 1 is 1.23 bits per heavy atom. The number of pyridine rings is 1. The Morgan fingerprint density at radius 3 is 2.85 bits per heavy atom. The summed E-state index contributed by atoms with van der Waals surface area (Å²) >= 11 is 1.60. The Balaban J connectivity index is 1.87. The second kappa shape index (κ2) is 7.06. The van der Waals surface area contributed by atoms with Crippen molar-refractivity contribution in [2.24, 2.45) is 0 Å². The summed E-state index contributed by atoms with van der Waals surface area (Å²) in [5.74, 6) is 1.62. The zero-order valence-corrected chi connectivity index (χ0v) is 14.8. The van der Waals surface area contributed by atoms with Crippen molar-refractivity contribution in [1.29, 1.82) is 0 Å². The highest BCUT2D eigenvalue weighted by molar-refractivity contribution is 7.08. The van der Waals surface area contributed by atoms with Crippen LogP contribution >= 0.6 is 11.3 Å². The van der Waals surface area contributed by atoms with Crippen molar-refractivity contribution in [3.63, 3.8) is 0 Å². The van der Waals surface area contributed by atoms with Gasteiger partial charge in [0.05, 0.1) is 19.4 Å². The van der Waals surface area contributed by atoms with E-state index in [1.165, 1.54) is 0 Å². The van der Waals surface area contributed by atoms with Gasteiger partial charge in [-0.05, 0) is 17.5 Å². The third-order valence-electron chi connectivity index (χ3n) is 3.79. The smallest absolute Gasteiger partial charge is 0.212 e. The summed E-state index contributed by atoms with van der Waals surface area (Å²) in [7, 11) is 1.57. The molecule has 4 aromatic heterocycles. The molecule has 0 atom stereocenters. The first kappa shape index (κ1) is 16.4. The number of nitrogens with zero attached hydrogens (tertiary/aromatic N) is 5. The van der Waals surface area contributed by atoms with E-state index < -0.39 is 0 Å². The van der Waals surface area contributed by atoms with Gasteiger partial charge >= 0.3 is 0 Å². The summed E-state index contributed by atoms with van der Waals surface area (Å²) in [6, 6.07) is 5.62. The van der Waals surface area contributed by atoms with Gasteiger partial charge < -0.3 is 15.2 Å². The third kappa shape index (κ3) is 2.98. The molecule has 0 spiro atoms. The Labute approximate surface area is 153 Å². The van der Waals surface area contributed by atoms with E-state index in [0.717, 1.165) is 11.3 Å². The van der Waals surface area contributed by atoms with Gasteiger partial charge in [0.2, 0.25) is 5.88 Å². The van der Waals surface area contributed by atoms with E-state index in [9.17, 15) is 0 Å². The second-order valence-electron chi connectivity index (χ2n) is 5.40. The lowest BCUT2D eigenvalue weighted by Crippen LogP contribution is -2.09. The fourth-order valence-corrected chi connectivity index (χ4v) is 3.17. The minimum absolute atomic E-state index is 0.00381. The first-order valence-electron chi connectivity index (χ1n) is 7.93. The van der Waals surface area contributed by atoms with Crippen molar-refractivity contribution in [2.75, 3.05) is 25.6 Å². The molecule has 4 aromatic rings. The SMILES string of the molecule is COc1ccc(-c2nc(NCCO)c3ncn(-c4ccsc4)c3n2)cn1. The van der Waals surface area contributed by atoms with Crippen molar-refractivity contribution in [2.45, 2.75) is 0 Å². The normalized spacial score (nSPS) is 11.0. The van der Waals surface area contributed by atoms with E-state index in [0.29, 0.717) is 35.2 Å². The molecule has 0 saturated heterocycles. The number of methoxy groups -OCH3 is 1. The van der Waals surface area contributed by atoms with Crippen LogP contribution in [0.25, 0.3) is 28.2 Å². The Bertz CT molecular complexity index is 1010. The van der Waals surface area contributed by atoms with Gasteiger partial charge in [0.1, 0.15) is 6.33 Å². The predicted octanol–water partition coefficient (Wildman–Crippen LogP) is 2.35. The topological polar surface area (TPSA) is 98.0 Å². The van der Waals surface area contributed by atoms with Crippen LogP contribution in [0.3, 0.4) is 0 Å². The molecule has 4 rings (SSSR count). The molecule has 0 bridgehead atoms. The fraction of sp³-hybridized carbons (Fsp3) is 0.176. The van der Waals surface area contributed by atoms with E-state index >= 15 is 0 Å². The van der Waals surface area contributed by atoms with Crippen LogP contribution < -0.4 is 10.1 Å². The van der Waals surface area contributed by atoms with Gasteiger partial charge in [-0.25, -0.2) is 19.9 Å². The zero-order chi connectivity index (χ0) is 17.9. The first-order valence-corrected chi connectivity index (χ1v) is 8.87. The number of anilines is 1. The summed E-state index contributed by atoms with van der Waals surface area (Å²) in [6.07, 6.45) is 3.39. The molecule has 0 aliphatic rings. The average Bonchev–Trinajstić information content (AvgIpc) is 3.35. The molecule has 0 radical (unpaired) electrons. The van der Waals surface area contributed by atoms with Gasteiger partial charge in [-0.15, -0.1) is 0 Å². The van der Waals surface area contributed by atoms with Crippen molar-refractivity contribution >= 4 is 28.3 Å². The molecule has 4 heterocycles. The average molecular weight is 368 g/mol. The fourth-order valence-electron chi connectivity index (χ4n) is 2.54. The molecule has 9 heteroatoms. The maximum absolute atomic E-state index is 9.15. The standard InChI is InChI=1S/C17H16N6O2S/c1-25-13-3-2-11(8-19-13)15-21-16(18-5-6-24)14-17(22-15)23(10-20-14)12-4-7-26-9-12/h2-4,7-10,24H,5-6H2,1H3,(H,18,21,22). The molecule has 0 aliphatic heterocycles. The van der Waals surface area contributed by atoms with Crippen molar-refractivity contribution in [3.8, 4) is 23.0 Å². The molecule has 0 amide bonds. The maximum Gasteiger partial charge on any atom is 0.212 e. The van der Waals surface area contributed by atoms with Crippen molar-refractivity contribution in [3.05, 3.63) is 41.5 Å². The minimum Gasteiger partial charge on any atom is -0.481 e. The van der Waals surface area contributed by atoms with Crippen LogP contribution in [-0.2, 0) is 0 Å². The van der Waals surface area contributed by atoms with E-state index in [-0.39, 0.29) is 6.61 Å². The highest BCUT2D eigenvalue weighted by atomic mass is 32.1. The summed E-state index contributed by atoms with van der Waals surface area (Å²) in [5.41, 5.74) is 3.08. The van der Waals surface area contributed by atoms with E-state index in [1.54, 1.807) is 37.0 Å². The number of hydrogen-bond acceptors (Lipinski definition) is 8. The minimum atomic E-state index is -0.00381. The largest absolute Gasteiger partial charge is 0.481 e. The highest BCUT2D eigenvalue weighted by Gasteiger charge is 2.15. The van der Waals surface area contributed by atoms with Crippen LogP contribution in [0.2, 0.25) is 0 Å². The Morgan fingerprint density at radius 2 is 2.15 bits per heavy atom. The van der Waals surface area contributed by atoms with Crippen molar-refractivity contribution in [1.82, 2.24) is 24.5 Å². The lowest BCUT2D eigenvalue weighted by molar-refractivity contribution is 0.311. The number of aromatic nitrogens is 5. The van der Waals surface area contributed by atoms with Crippen molar-refractivity contribution < 1.29 is 9.84 Å². The molecule has 0 aromatic carbocycles. The monoisotopic (exact) mass is 368 g/mol. The van der Waals surface area contributed by atoms with Crippen LogP contribution in [0.15, 0.2) is 41.5 Å². The number of aliphatic hydroxyl groups excluding tert-OH is 1. The second-order valence-corrected chi connectivity index (χ2v) is 6.18. The van der Waals surface area contributed by atoms with Gasteiger partial charge in [0, 0.05) is 29.8 Å². The molecule has 0 fully saturated rings. The van der Waals surface area contributed by atoms with Gasteiger partial charge in [-0.1, -0.05) is 0 Å².